The van der Waals surface area contributed by atoms with Crippen molar-refractivity contribution in [1.29, 1.82) is 0 Å². The number of hydrogen-bond donors (Lipinski definition) is 2. The first kappa shape index (κ1) is 13.8. The summed E-state index contributed by atoms with van der Waals surface area (Å²) in [4.78, 5) is 24.4. The molecule has 2 N–H and O–H groups in total. The maximum absolute atomic E-state index is 12.7. The van der Waals surface area contributed by atoms with Crippen LogP contribution in [0.25, 0.3) is 0 Å². The van der Waals surface area contributed by atoms with E-state index in [-0.39, 0.29) is 23.2 Å². The highest BCUT2D eigenvalue weighted by Gasteiger charge is 2.70. The van der Waals surface area contributed by atoms with Crippen molar-refractivity contribution in [2.24, 2.45) is 29.1 Å². The third-order valence-corrected chi connectivity index (χ3v) is 5.79. The number of benzene rings is 1. The molecule has 1 aromatic carbocycles. The average Bonchev–Trinajstić information content (AvgIpc) is 3.15. The maximum atomic E-state index is 12.7. The number of nitrogens with one attached hydrogen (secondary N) is 1. The van der Waals surface area contributed by atoms with E-state index in [2.05, 4.69) is 11.4 Å². The summed E-state index contributed by atoms with van der Waals surface area (Å²) < 4.78 is 0. The fraction of sp³-hybridized carbons (Fsp3) is 0.412. The molecule has 4 nitrogen and oxygen atoms in total. The molecule has 1 spiro atoms. The molecule has 0 aliphatic heterocycles. The minimum atomic E-state index is -0.862. The fourth-order valence-corrected chi connectivity index (χ4v) is 4.58. The molecule has 0 heterocycles. The Kier molecular flexibility index (Phi) is 2.89. The highest BCUT2D eigenvalue weighted by Crippen LogP contribution is 2.72. The molecule has 114 valence electrons. The number of halogens is 1. The zero-order valence-corrected chi connectivity index (χ0v) is 12.6. The largest absolute Gasteiger partial charge is 0.481 e. The number of amides is 1. The van der Waals surface area contributed by atoms with Gasteiger partial charge in [-0.05, 0) is 54.4 Å². The number of anilines is 1. The fourth-order valence-electron chi connectivity index (χ4n) is 4.45. The number of allylic oxidation sites excluding steroid dienone is 2. The van der Waals surface area contributed by atoms with Crippen LogP contribution in [0.2, 0.25) is 5.02 Å². The summed E-state index contributed by atoms with van der Waals surface area (Å²) in [6.45, 7) is 0. The van der Waals surface area contributed by atoms with Crippen molar-refractivity contribution in [2.75, 3.05) is 5.32 Å². The molecular formula is C17H16ClNO3. The van der Waals surface area contributed by atoms with Crippen molar-refractivity contribution < 1.29 is 14.7 Å². The third-order valence-electron chi connectivity index (χ3n) is 5.54. The Morgan fingerprint density at radius 3 is 2.23 bits per heavy atom. The van der Waals surface area contributed by atoms with E-state index in [1.807, 2.05) is 6.08 Å². The van der Waals surface area contributed by atoms with E-state index in [1.165, 1.54) is 0 Å². The van der Waals surface area contributed by atoms with Crippen LogP contribution in [0, 0.1) is 29.1 Å². The summed E-state index contributed by atoms with van der Waals surface area (Å²) in [7, 11) is 0. The monoisotopic (exact) mass is 317 g/mol. The van der Waals surface area contributed by atoms with Gasteiger partial charge in [0.05, 0.1) is 11.8 Å². The van der Waals surface area contributed by atoms with E-state index in [0.717, 1.165) is 12.8 Å². The Morgan fingerprint density at radius 2 is 1.68 bits per heavy atom. The van der Waals surface area contributed by atoms with Gasteiger partial charge in [-0.15, -0.1) is 0 Å². The first-order chi connectivity index (χ1) is 10.5. The summed E-state index contributed by atoms with van der Waals surface area (Å²) in [5, 5.41) is 13.0. The SMILES string of the molecule is O=C(Nc1ccc(Cl)cc1)[C@@H]1[C@H](C(=O)O)[C@H]2C=C[C@H]1C21CC1. The number of carbonyl (C=O) groups excluding carboxylic acids is 1. The maximum Gasteiger partial charge on any atom is 0.307 e. The minimum Gasteiger partial charge on any atom is -0.481 e. The van der Waals surface area contributed by atoms with E-state index < -0.39 is 17.8 Å². The standard InChI is InChI=1S/C17H16ClNO3/c18-9-1-3-10(4-2-9)19-15(20)13-11-5-6-12(14(13)16(21)22)17(11)7-8-17/h1-6,11-14H,7-8H2,(H,19,20)(H,21,22)/t11-,12-,13+,14-/m1/s1. The van der Waals surface area contributed by atoms with Gasteiger partial charge in [-0.25, -0.2) is 0 Å². The van der Waals surface area contributed by atoms with Crippen LogP contribution < -0.4 is 5.32 Å². The molecule has 2 saturated carbocycles. The van der Waals surface area contributed by atoms with Crippen LogP contribution >= 0.6 is 11.6 Å². The van der Waals surface area contributed by atoms with Gasteiger partial charge in [0.1, 0.15) is 0 Å². The molecule has 2 bridgehead atoms. The van der Waals surface area contributed by atoms with Crippen molar-refractivity contribution in [3.63, 3.8) is 0 Å². The molecule has 0 saturated heterocycles. The molecule has 0 radical (unpaired) electrons. The highest BCUT2D eigenvalue weighted by molar-refractivity contribution is 6.30. The number of aliphatic carboxylic acids is 1. The van der Waals surface area contributed by atoms with Crippen LogP contribution in [0.4, 0.5) is 5.69 Å². The Hall–Kier alpha value is -1.81. The van der Waals surface area contributed by atoms with Gasteiger partial charge in [-0.1, -0.05) is 23.8 Å². The quantitative estimate of drug-likeness (QED) is 0.841. The first-order valence-corrected chi connectivity index (χ1v) is 7.88. The number of carboxylic acid groups (broad SMARTS) is 1. The molecule has 22 heavy (non-hydrogen) atoms. The Balaban J connectivity index is 1.60. The lowest BCUT2D eigenvalue weighted by molar-refractivity contribution is -0.146. The molecule has 4 atom stereocenters. The number of hydrogen-bond acceptors (Lipinski definition) is 2. The molecule has 0 aromatic heterocycles. The van der Waals surface area contributed by atoms with Crippen molar-refractivity contribution in [2.45, 2.75) is 12.8 Å². The summed E-state index contributed by atoms with van der Waals surface area (Å²) in [6.07, 6.45) is 6.14. The molecular weight excluding hydrogens is 302 g/mol. The molecule has 2 fully saturated rings. The molecule has 5 heteroatoms. The minimum absolute atomic E-state index is 0.0102. The van der Waals surface area contributed by atoms with Crippen LogP contribution in [0.3, 0.4) is 0 Å². The molecule has 3 aliphatic carbocycles. The van der Waals surface area contributed by atoms with Gasteiger partial charge in [-0.2, -0.15) is 0 Å². The van der Waals surface area contributed by atoms with Crippen LogP contribution in [0.5, 0.6) is 0 Å². The highest BCUT2D eigenvalue weighted by atomic mass is 35.5. The smallest absolute Gasteiger partial charge is 0.307 e. The Bertz CT molecular complexity index is 678. The van der Waals surface area contributed by atoms with Gasteiger partial charge in [0.15, 0.2) is 0 Å². The van der Waals surface area contributed by atoms with Crippen molar-refractivity contribution >= 4 is 29.2 Å². The Morgan fingerprint density at radius 1 is 1.09 bits per heavy atom. The molecule has 3 aliphatic rings. The molecule has 1 amide bonds. The summed E-state index contributed by atoms with van der Waals surface area (Å²) >= 11 is 5.84. The van der Waals surface area contributed by atoms with Crippen LogP contribution in [-0.4, -0.2) is 17.0 Å². The average molecular weight is 318 g/mol. The zero-order chi connectivity index (χ0) is 15.5. The topological polar surface area (TPSA) is 66.4 Å². The van der Waals surface area contributed by atoms with Gasteiger partial charge in [0, 0.05) is 10.7 Å². The Labute approximate surface area is 133 Å². The zero-order valence-electron chi connectivity index (χ0n) is 11.8. The lowest BCUT2D eigenvalue weighted by Gasteiger charge is -2.23. The van der Waals surface area contributed by atoms with Crippen LogP contribution in [0.15, 0.2) is 36.4 Å². The predicted molar refractivity (Wildman–Crippen MR) is 82.5 cm³/mol. The van der Waals surface area contributed by atoms with E-state index >= 15 is 0 Å². The van der Waals surface area contributed by atoms with Crippen molar-refractivity contribution in [3.8, 4) is 0 Å². The van der Waals surface area contributed by atoms with Crippen molar-refractivity contribution in [3.05, 3.63) is 41.4 Å². The molecule has 1 aromatic rings. The lowest BCUT2D eigenvalue weighted by Crippen LogP contribution is -2.36. The van der Waals surface area contributed by atoms with Gasteiger partial charge >= 0.3 is 5.97 Å². The van der Waals surface area contributed by atoms with Gasteiger partial charge in [-0.3, -0.25) is 9.59 Å². The first-order valence-electron chi connectivity index (χ1n) is 7.50. The number of carboxylic acids is 1. The van der Waals surface area contributed by atoms with Crippen LogP contribution in [-0.2, 0) is 9.59 Å². The summed E-state index contributed by atoms with van der Waals surface area (Å²) in [6, 6.07) is 6.86. The summed E-state index contributed by atoms with van der Waals surface area (Å²) in [5.41, 5.74) is 0.695. The van der Waals surface area contributed by atoms with Crippen LogP contribution in [0.1, 0.15) is 12.8 Å². The van der Waals surface area contributed by atoms with Gasteiger partial charge < -0.3 is 10.4 Å². The van der Waals surface area contributed by atoms with E-state index in [9.17, 15) is 14.7 Å². The number of carbonyl (C=O) groups is 2. The molecule has 0 unspecified atom stereocenters. The molecule has 4 rings (SSSR count). The van der Waals surface area contributed by atoms with Gasteiger partial charge in [0.25, 0.3) is 0 Å². The third kappa shape index (κ3) is 1.83. The van der Waals surface area contributed by atoms with E-state index in [1.54, 1.807) is 24.3 Å². The second-order valence-electron chi connectivity index (χ2n) is 6.56. The van der Waals surface area contributed by atoms with Gasteiger partial charge in [0.2, 0.25) is 5.91 Å². The van der Waals surface area contributed by atoms with E-state index in [0.29, 0.717) is 10.7 Å². The van der Waals surface area contributed by atoms with Crippen molar-refractivity contribution in [1.82, 2.24) is 0 Å². The predicted octanol–water partition coefficient (Wildman–Crippen LogP) is 3.19. The second kappa shape index (κ2) is 4.59. The van der Waals surface area contributed by atoms with E-state index in [4.69, 9.17) is 11.6 Å². The second-order valence-corrected chi connectivity index (χ2v) is 6.99. The summed E-state index contributed by atoms with van der Waals surface area (Å²) in [5.74, 6) is -2.07. The number of rotatable bonds is 3. The normalized spacial score (nSPS) is 33.1. The lowest BCUT2D eigenvalue weighted by atomic mass is 9.82.